The Hall–Kier alpha value is -4.25. The van der Waals surface area contributed by atoms with Crippen LogP contribution in [0.4, 0.5) is 5.69 Å². The van der Waals surface area contributed by atoms with Crippen LogP contribution in [0, 0.1) is 18.8 Å². The topological polar surface area (TPSA) is 122 Å². The van der Waals surface area contributed by atoms with Gasteiger partial charge < -0.3 is 21.5 Å². The molecule has 0 saturated heterocycles. The summed E-state index contributed by atoms with van der Waals surface area (Å²) in [5.41, 5.74) is 10.6. The first-order valence-corrected chi connectivity index (χ1v) is 12.1. The van der Waals surface area contributed by atoms with Crippen molar-refractivity contribution >= 4 is 23.3 Å². The van der Waals surface area contributed by atoms with Crippen molar-refractivity contribution in [2.45, 2.75) is 32.2 Å². The highest BCUT2D eigenvalue weighted by molar-refractivity contribution is 5.98. The largest absolute Gasteiger partial charge is 0.388 e. The summed E-state index contributed by atoms with van der Waals surface area (Å²) in [6.45, 7) is 1.31. The number of anilines is 1. The number of ketones is 1. The van der Waals surface area contributed by atoms with E-state index in [9.17, 15) is 14.4 Å². The SMILES string of the molecule is Cc1ccccc1CCCC(=O)Nc1ccc(C#Cc2ccc(C(=O)N[C@@H](CN)C(=O)CO)cc2)cc1. The Morgan fingerprint density at radius 1 is 0.919 bits per heavy atom. The van der Waals surface area contributed by atoms with E-state index in [1.165, 1.54) is 11.1 Å². The molecule has 0 aliphatic heterocycles. The van der Waals surface area contributed by atoms with Crippen LogP contribution in [0.3, 0.4) is 0 Å². The van der Waals surface area contributed by atoms with Crippen molar-refractivity contribution in [3.05, 3.63) is 101 Å². The first-order valence-electron chi connectivity index (χ1n) is 12.1. The number of hydrogen-bond donors (Lipinski definition) is 4. The van der Waals surface area contributed by atoms with Gasteiger partial charge in [-0.2, -0.15) is 0 Å². The van der Waals surface area contributed by atoms with Gasteiger partial charge in [-0.1, -0.05) is 36.1 Å². The summed E-state index contributed by atoms with van der Waals surface area (Å²) in [6, 6.07) is 21.2. The van der Waals surface area contributed by atoms with E-state index in [1.54, 1.807) is 24.3 Å². The van der Waals surface area contributed by atoms with Crippen molar-refractivity contribution in [2.75, 3.05) is 18.5 Å². The van der Waals surface area contributed by atoms with Crippen LogP contribution in [-0.4, -0.2) is 41.9 Å². The summed E-state index contributed by atoms with van der Waals surface area (Å²) in [7, 11) is 0. The van der Waals surface area contributed by atoms with E-state index in [4.69, 9.17) is 10.8 Å². The molecule has 3 aromatic rings. The molecular weight excluding hydrogens is 466 g/mol. The number of nitrogens with one attached hydrogen (secondary N) is 2. The molecule has 0 saturated carbocycles. The maximum Gasteiger partial charge on any atom is 0.251 e. The molecule has 0 aliphatic rings. The molecular formula is C30H31N3O4. The van der Waals surface area contributed by atoms with Gasteiger partial charge in [-0.3, -0.25) is 14.4 Å². The maximum absolute atomic E-state index is 12.3. The average Bonchev–Trinajstić information content (AvgIpc) is 2.92. The van der Waals surface area contributed by atoms with E-state index in [0.717, 1.165) is 24.1 Å². The van der Waals surface area contributed by atoms with Gasteiger partial charge in [0.05, 0.1) is 0 Å². The van der Waals surface area contributed by atoms with E-state index < -0.39 is 24.3 Å². The zero-order chi connectivity index (χ0) is 26.6. The number of nitrogens with two attached hydrogens (primary N) is 1. The van der Waals surface area contributed by atoms with Gasteiger partial charge in [0, 0.05) is 35.3 Å². The van der Waals surface area contributed by atoms with Gasteiger partial charge >= 0.3 is 0 Å². The third-order valence-corrected chi connectivity index (χ3v) is 5.86. The number of rotatable bonds is 10. The molecule has 0 spiro atoms. The normalized spacial score (nSPS) is 11.1. The zero-order valence-corrected chi connectivity index (χ0v) is 20.8. The molecule has 0 radical (unpaired) electrons. The van der Waals surface area contributed by atoms with Crippen LogP contribution in [0.15, 0.2) is 72.8 Å². The Morgan fingerprint density at radius 3 is 2.14 bits per heavy atom. The Morgan fingerprint density at radius 2 is 1.54 bits per heavy atom. The molecule has 0 aromatic heterocycles. The second kappa shape index (κ2) is 13.7. The lowest BCUT2D eigenvalue weighted by molar-refractivity contribution is -0.123. The minimum atomic E-state index is -0.928. The van der Waals surface area contributed by atoms with Gasteiger partial charge in [0.25, 0.3) is 5.91 Å². The van der Waals surface area contributed by atoms with Crippen LogP contribution >= 0.6 is 0 Å². The minimum Gasteiger partial charge on any atom is -0.388 e. The van der Waals surface area contributed by atoms with E-state index in [2.05, 4.69) is 41.5 Å². The second-order valence-corrected chi connectivity index (χ2v) is 8.62. The summed E-state index contributed by atoms with van der Waals surface area (Å²) < 4.78 is 0. The number of Topliss-reactive ketones (excluding diaryl/α,β-unsaturated/α-hetero) is 1. The number of hydrogen-bond acceptors (Lipinski definition) is 5. The molecule has 1 atom stereocenters. The van der Waals surface area contributed by atoms with E-state index in [-0.39, 0.29) is 12.5 Å². The lowest BCUT2D eigenvalue weighted by Crippen LogP contribution is -2.46. The molecule has 0 heterocycles. The number of aliphatic hydroxyl groups is 1. The van der Waals surface area contributed by atoms with Crippen molar-refractivity contribution < 1.29 is 19.5 Å². The van der Waals surface area contributed by atoms with Crippen molar-refractivity contribution in [2.24, 2.45) is 5.73 Å². The summed E-state index contributed by atoms with van der Waals surface area (Å²) >= 11 is 0. The summed E-state index contributed by atoms with van der Waals surface area (Å²) in [5.74, 6) is 5.09. The highest BCUT2D eigenvalue weighted by Gasteiger charge is 2.18. The fourth-order valence-corrected chi connectivity index (χ4v) is 3.66. The summed E-state index contributed by atoms with van der Waals surface area (Å²) in [6.07, 6.45) is 2.11. The van der Waals surface area contributed by atoms with Gasteiger partial charge in [0.2, 0.25) is 5.91 Å². The van der Waals surface area contributed by atoms with Gasteiger partial charge in [0.1, 0.15) is 12.6 Å². The van der Waals surface area contributed by atoms with Crippen LogP contribution in [0.25, 0.3) is 0 Å². The molecule has 3 rings (SSSR count). The van der Waals surface area contributed by atoms with Crippen LogP contribution < -0.4 is 16.4 Å². The number of aliphatic hydroxyl groups excluding tert-OH is 1. The molecule has 7 nitrogen and oxygen atoms in total. The van der Waals surface area contributed by atoms with E-state index >= 15 is 0 Å². The number of carbonyl (C=O) groups excluding carboxylic acids is 3. The standard InChI is InChI=1S/C30H31N3O4/c1-21-5-2-3-6-24(21)7-4-8-29(36)32-26-17-13-23(14-18-26)10-9-22-11-15-25(16-12-22)30(37)33-27(19-31)28(35)20-34/h2-3,5-6,11-18,27,34H,4,7-8,19-20,31H2,1H3,(H,32,36)(H,33,37)/t27-/m0/s1. The number of carbonyl (C=O) groups is 3. The van der Waals surface area contributed by atoms with Crippen molar-refractivity contribution in [1.29, 1.82) is 0 Å². The van der Waals surface area contributed by atoms with Crippen LogP contribution in [-0.2, 0) is 16.0 Å². The molecule has 190 valence electrons. The quantitative estimate of drug-likeness (QED) is 0.321. The summed E-state index contributed by atoms with van der Waals surface area (Å²) in [5, 5.41) is 14.4. The van der Waals surface area contributed by atoms with Crippen LogP contribution in [0.1, 0.15) is 45.5 Å². The third kappa shape index (κ3) is 8.43. The average molecular weight is 498 g/mol. The van der Waals surface area contributed by atoms with Gasteiger partial charge in [-0.25, -0.2) is 0 Å². The molecule has 37 heavy (non-hydrogen) atoms. The molecule has 0 aliphatic carbocycles. The fourth-order valence-electron chi connectivity index (χ4n) is 3.66. The van der Waals surface area contributed by atoms with Crippen LogP contribution in [0.2, 0.25) is 0 Å². The molecule has 0 fully saturated rings. The fraction of sp³-hybridized carbons (Fsp3) is 0.233. The Labute approximate surface area is 217 Å². The lowest BCUT2D eigenvalue weighted by atomic mass is 10.0. The van der Waals surface area contributed by atoms with Gasteiger partial charge in [0.15, 0.2) is 5.78 Å². The predicted molar refractivity (Wildman–Crippen MR) is 144 cm³/mol. The minimum absolute atomic E-state index is 0.0185. The molecule has 5 N–H and O–H groups in total. The first-order chi connectivity index (χ1) is 17.9. The smallest absolute Gasteiger partial charge is 0.251 e. The van der Waals surface area contributed by atoms with Crippen molar-refractivity contribution in [3.63, 3.8) is 0 Å². The van der Waals surface area contributed by atoms with E-state index in [1.807, 2.05) is 36.4 Å². The zero-order valence-electron chi connectivity index (χ0n) is 20.8. The highest BCUT2D eigenvalue weighted by atomic mass is 16.3. The summed E-state index contributed by atoms with van der Waals surface area (Å²) in [4.78, 5) is 36.2. The Kier molecular flexibility index (Phi) is 10.1. The molecule has 7 heteroatoms. The first kappa shape index (κ1) is 27.3. The molecule has 0 unspecified atom stereocenters. The monoisotopic (exact) mass is 497 g/mol. The Bertz CT molecular complexity index is 1290. The van der Waals surface area contributed by atoms with Gasteiger partial charge in [-0.05, 0) is 79.4 Å². The maximum atomic E-state index is 12.3. The number of aryl methyl sites for hydroxylation is 2. The molecule has 3 aromatic carbocycles. The predicted octanol–water partition coefficient (Wildman–Crippen LogP) is 2.97. The number of amides is 2. The molecule has 2 amide bonds. The number of benzene rings is 3. The van der Waals surface area contributed by atoms with Crippen LogP contribution in [0.5, 0.6) is 0 Å². The van der Waals surface area contributed by atoms with E-state index in [0.29, 0.717) is 17.5 Å². The third-order valence-electron chi connectivity index (χ3n) is 5.86. The Balaban J connectivity index is 1.50. The lowest BCUT2D eigenvalue weighted by Gasteiger charge is -2.14. The highest BCUT2D eigenvalue weighted by Crippen LogP contribution is 2.13. The second-order valence-electron chi connectivity index (χ2n) is 8.62. The molecule has 0 bridgehead atoms. The van der Waals surface area contributed by atoms with Crippen molar-refractivity contribution in [3.8, 4) is 11.8 Å². The van der Waals surface area contributed by atoms with Gasteiger partial charge in [-0.15, -0.1) is 0 Å². The van der Waals surface area contributed by atoms with Crippen molar-refractivity contribution in [1.82, 2.24) is 5.32 Å².